The van der Waals surface area contributed by atoms with Crippen molar-refractivity contribution in [1.29, 1.82) is 0 Å². The van der Waals surface area contributed by atoms with Crippen molar-refractivity contribution < 1.29 is 44.3 Å². The largest absolute Gasteiger partial charge is 0.481 e. The molecule has 0 spiro atoms. The van der Waals surface area contributed by atoms with Gasteiger partial charge >= 0.3 is 23.9 Å². The second-order valence-corrected chi connectivity index (χ2v) is 5.87. The van der Waals surface area contributed by atoms with E-state index in [1.54, 1.807) is 6.07 Å². The van der Waals surface area contributed by atoms with Crippen molar-refractivity contribution in [2.24, 2.45) is 11.1 Å². The zero-order valence-electron chi connectivity index (χ0n) is 13.6. The van der Waals surface area contributed by atoms with Gasteiger partial charge in [-0.2, -0.15) is 0 Å². The second-order valence-electron chi connectivity index (χ2n) is 5.87. The third kappa shape index (κ3) is 5.45. The Morgan fingerprint density at radius 2 is 1.15 bits per heavy atom. The van der Waals surface area contributed by atoms with E-state index in [4.69, 9.17) is 10.5 Å². The summed E-state index contributed by atoms with van der Waals surface area (Å²) in [6.45, 7) is 0. The van der Waals surface area contributed by atoms with E-state index < -0.39 is 60.7 Å². The van der Waals surface area contributed by atoms with Crippen molar-refractivity contribution in [2.75, 3.05) is 0 Å². The van der Waals surface area contributed by atoms with Crippen LogP contribution >= 0.6 is 0 Å². The third-order valence-electron chi connectivity index (χ3n) is 3.82. The van der Waals surface area contributed by atoms with Crippen molar-refractivity contribution in [3.05, 3.63) is 30.3 Å². The lowest BCUT2D eigenvalue weighted by molar-refractivity contribution is -0.169. The zero-order valence-corrected chi connectivity index (χ0v) is 13.6. The molecule has 1 rings (SSSR count). The number of hydrogen-bond donors (Lipinski definition) is 5. The van der Waals surface area contributed by atoms with Gasteiger partial charge in [-0.15, -0.1) is 0 Å². The van der Waals surface area contributed by atoms with Gasteiger partial charge in [0.15, 0.2) is 5.72 Å². The molecule has 1 aromatic rings. The number of carboxylic acid groups (broad SMARTS) is 4. The molecule has 0 aliphatic carbocycles. The Morgan fingerprint density at radius 1 is 0.769 bits per heavy atom. The number of carboxylic acids is 4. The molecule has 0 saturated carbocycles. The molecule has 0 radical (unpaired) electrons. The minimum Gasteiger partial charge on any atom is -0.481 e. The first-order valence-electron chi connectivity index (χ1n) is 7.40. The maximum atomic E-state index is 11.3. The highest BCUT2D eigenvalue weighted by molar-refractivity contribution is 5.77. The zero-order chi connectivity index (χ0) is 20.0. The Bertz CT molecular complexity index is 647. The molecular weight excluding hydrogens is 350 g/mol. The van der Waals surface area contributed by atoms with Gasteiger partial charge < -0.3 is 25.2 Å². The average molecular weight is 369 g/mol. The summed E-state index contributed by atoms with van der Waals surface area (Å²) >= 11 is 0. The SMILES string of the molecule is NC(CC(=O)O)(Oc1ccccc1)C(CC(=O)O)(CC(=O)O)CC(=O)O. The molecule has 6 N–H and O–H groups in total. The van der Waals surface area contributed by atoms with Crippen molar-refractivity contribution in [3.8, 4) is 5.75 Å². The van der Waals surface area contributed by atoms with Crippen LogP contribution in [0.1, 0.15) is 25.7 Å². The van der Waals surface area contributed by atoms with Crippen molar-refractivity contribution in [2.45, 2.75) is 31.4 Å². The quantitative estimate of drug-likeness (QED) is 0.346. The highest BCUT2D eigenvalue weighted by Crippen LogP contribution is 2.44. The predicted octanol–water partition coefficient (Wildman–Crippen LogP) is 0.606. The molecular formula is C16H19NO9. The summed E-state index contributed by atoms with van der Waals surface area (Å²) < 4.78 is 5.49. The Morgan fingerprint density at radius 3 is 1.50 bits per heavy atom. The van der Waals surface area contributed by atoms with Crippen molar-refractivity contribution in [3.63, 3.8) is 0 Å². The molecule has 0 bridgehead atoms. The number of aliphatic carboxylic acids is 4. The number of para-hydroxylation sites is 1. The number of benzene rings is 1. The summed E-state index contributed by atoms with van der Waals surface area (Å²) in [6, 6.07) is 7.49. The third-order valence-corrected chi connectivity index (χ3v) is 3.82. The molecule has 0 aromatic heterocycles. The molecule has 1 aromatic carbocycles. The number of carbonyl (C=O) groups is 4. The minimum absolute atomic E-state index is 0.0433. The lowest BCUT2D eigenvalue weighted by atomic mass is 9.68. The van der Waals surface area contributed by atoms with Crippen LogP contribution in [0.25, 0.3) is 0 Å². The molecule has 1 unspecified atom stereocenters. The van der Waals surface area contributed by atoms with Gasteiger partial charge in [0, 0.05) is 0 Å². The average Bonchev–Trinajstić information content (AvgIpc) is 2.44. The standard InChI is InChI=1S/C16H19NO9/c17-16(9-14(24)25,26-10-4-2-1-3-5-10)15(6-11(18)19,7-12(20)21)8-13(22)23/h1-5H,6-9,17H2,(H,18,19)(H,20,21)(H,22,23)(H,24,25). The molecule has 142 valence electrons. The van der Waals surface area contributed by atoms with E-state index in [-0.39, 0.29) is 5.75 Å². The van der Waals surface area contributed by atoms with Crippen molar-refractivity contribution in [1.82, 2.24) is 0 Å². The molecule has 26 heavy (non-hydrogen) atoms. The maximum Gasteiger partial charge on any atom is 0.308 e. The van der Waals surface area contributed by atoms with E-state index in [1.165, 1.54) is 24.3 Å². The molecule has 10 nitrogen and oxygen atoms in total. The molecule has 0 heterocycles. The Kier molecular flexibility index (Phi) is 6.67. The molecule has 1 atom stereocenters. The Labute approximate surface area is 147 Å². The van der Waals surface area contributed by atoms with Gasteiger partial charge in [-0.25, -0.2) is 0 Å². The van der Waals surface area contributed by atoms with Crippen LogP contribution in [-0.2, 0) is 19.2 Å². The van der Waals surface area contributed by atoms with Gasteiger partial charge in [-0.1, -0.05) is 18.2 Å². The molecule has 0 aliphatic heterocycles. The highest BCUT2D eigenvalue weighted by atomic mass is 16.5. The predicted molar refractivity (Wildman–Crippen MR) is 85.4 cm³/mol. The molecule has 0 amide bonds. The Balaban J connectivity index is 3.54. The van der Waals surface area contributed by atoms with Crippen LogP contribution in [0.4, 0.5) is 0 Å². The highest BCUT2D eigenvalue weighted by Gasteiger charge is 2.56. The number of rotatable bonds is 11. The van der Waals surface area contributed by atoms with Gasteiger partial charge in [0.25, 0.3) is 0 Å². The van der Waals surface area contributed by atoms with Gasteiger partial charge in [-0.3, -0.25) is 24.9 Å². The number of ether oxygens (including phenoxy) is 1. The molecule has 0 aliphatic rings. The van der Waals surface area contributed by atoms with E-state index in [1.807, 2.05) is 0 Å². The molecule has 0 saturated heterocycles. The van der Waals surface area contributed by atoms with E-state index in [0.29, 0.717) is 0 Å². The maximum absolute atomic E-state index is 11.3. The fraction of sp³-hybridized carbons (Fsp3) is 0.375. The van der Waals surface area contributed by atoms with Crippen LogP contribution in [0.3, 0.4) is 0 Å². The summed E-state index contributed by atoms with van der Waals surface area (Å²) in [5, 5.41) is 36.8. The smallest absolute Gasteiger partial charge is 0.308 e. The first-order valence-corrected chi connectivity index (χ1v) is 7.40. The fourth-order valence-electron chi connectivity index (χ4n) is 2.76. The van der Waals surface area contributed by atoms with Crippen LogP contribution in [0.5, 0.6) is 5.75 Å². The van der Waals surface area contributed by atoms with E-state index in [0.717, 1.165) is 0 Å². The van der Waals surface area contributed by atoms with E-state index in [9.17, 15) is 39.6 Å². The molecule has 0 fully saturated rings. The lowest BCUT2D eigenvalue weighted by Crippen LogP contribution is -2.63. The monoisotopic (exact) mass is 369 g/mol. The Hall–Kier alpha value is -3.14. The summed E-state index contributed by atoms with van der Waals surface area (Å²) in [5.41, 5.74) is 1.44. The first kappa shape index (κ1) is 20.9. The topological polar surface area (TPSA) is 184 Å². The van der Waals surface area contributed by atoms with Crippen LogP contribution < -0.4 is 10.5 Å². The van der Waals surface area contributed by atoms with Gasteiger partial charge in [0.1, 0.15) is 5.75 Å². The minimum atomic E-state index is -2.41. The summed E-state index contributed by atoms with van der Waals surface area (Å²) in [6.07, 6.45) is -4.04. The van der Waals surface area contributed by atoms with Gasteiger partial charge in [0.05, 0.1) is 31.1 Å². The van der Waals surface area contributed by atoms with Crippen LogP contribution in [-0.4, -0.2) is 50.0 Å². The van der Waals surface area contributed by atoms with Crippen LogP contribution in [0, 0.1) is 5.41 Å². The van der Waals surface area contributed by atoms with Crippen molar-refractivity contribution >= 4 is 23.9 Å². The van der Waals surface area contributed by atoms with E-state index >= 15 is 0 Å². The summed E-state index contributed by atoms with van der Waals surface area (Å²) in [5.74, 6) is -6.08. The van der Waals surface area contributed by atoms with E-state index in [2.05, 4.69) is 0 Å². The molecule has 10 heteroatoms. The summed E-state index contributed by atoms with van der Waals surface area (Å²) in [7, 11) is 0. The number of hydrogen-bond acceptors (Lipinski definition) is 6. The normalized spacial score (nSPS) is 13.4. The van der Waals surface area contributed by atoms with Gasteiger partial charge in [-0.05, 0) is 12.1 Å². The lowest BCUT2D eigenvalue weighted by Gasteiger charge is -2.45. The first-order chi connectivity index (χ1) is 12.0. The fourth-order valence-corrected chi connectivity index (χ4v) is 2.76. The number of nitrogens with two attached hydrogens (primary N) is 1. The second kappa shape index (κ2) is 8.30. The van der Waals surface area contributed by atoms with Crippen LogP contribution in [0.2, 0.25) is 0 Å². The summed E-state index contributed by atoms with van der Waals surface area (Å²) in [4.78, 5) is 45.3. The van der Waals surface area contributed by atoms with Gasteiger partial charge in [0.2, 0.25) is 0 Å². The van der Waals surface area contributed by atoms with Crippen LogP contribution in [0.15, 0.2) is 30.3 Å².